The summed E-state index contributed by atoms with van der Waals surface area (Å²) < 4.78 is 0. The van der Waals surface area contributed by atoms with Gasteiger partial charge in [0.05, 0.1) is 0 Å². The van der Waals surface area contributed by atoms with Crippen LogP contribution in [0.5, 0.6) is 0 Å². The van der Waals surface area contributed by atoms with Crippen LogP contribution >= 0.6 is 11.6 Å². The molecule has 0 radical (unpaired) electrons. The molecule has 166 valence electrons. The molecule has 3 rings (SSSR count). The van der Waals surface area contributed by atoms with Crippen molar-refractivity contribution in [2.75, 3.05) is 13.1 Å². The molecule has 2 aromatic rings. The number of piperidine rings is 1. The SMILES string of the molecule is CC(CC(=O)N[C@@H](C(=O)N1CCC(c2ccc(Cl)cc2)CC1)C(C)C)c1ccccc1. The van der Waals surface area contributed by atoms with Crippen molar-refractivity contribution in [2.45, 2.75) is 57.9 Å². The average Bonchev–Trinajstić information content (AvgIpc) is 2.78. The largest absolute Gasteiger partial charge is 0.344 e. The van der Waals surface area contributed by atoms with Gasteiger partial charge >= 0.3 is 0 Å². The van der Waals surface area contributed by atoms with Gasteiger partial charge in [-0.1, -0.05) is 74.8 Å². The van der Waals surface area contributed by atoms with Crippen molar-refractivity contribution in [3.05, 3.63) is 70.7 Å². The molecule has 1 unspecified atom stereocenters. The third-order valence-corrected chi connectivity index (χ3v) is 6.51. The van der Waals surface area contributed by atoms with E-state index in [1.807, 2.05) is 68.1 Å². The predicted molar refractivity (Wildman–Crippen MR) is 126 cm³/mol. The van der Waals surface area contributed by atoms with Crippen LogP contribution in [-0.4, -0.2) is 35.8 Å². The fourth-order valence-electron chi connectivity index (χ4n) is 4.29. The Bertz CT molecular complexity index is 859. The zero-order valence-electron chi connectivity index (χ0n) is 18.7. The first-order valence-electron chi connectivity index (χ1n) is 11.2. The van der Waals surface area contributed by atoms with Crippen LogP contribution in [0.2, 0.25) is 5.02 Å². The van der Waals surface area contributed by atoms with E-state index in [-0.39, 0.29) is 23.7 Å². The van der Waals surface area contributed by atoms with Crippen molar-refractivity contribution in [1.29, 1.82) is 0 Å². The molecule has 1 N–H and O–H groups in total. The molecule has 31 heavy (non-hydrogen) atoms. The number of hydrogen-bond acceptors (Lipinski definition) is 2. The minimum absolute atomic E-state index is 0.0327. The third kappa shape index (κ3) is 6.33. The number of likely N-dealkylation sites (tertiary alicyclic amines) is 1. The van der Waals surface area contributed by atoms with Crippen LogP contribution in [0.25, 0.3) is 0 Å². The second-order valence-corrected chi connectivity index (χ2v) is 9.39. The fourth-order valence-corrected chi connectivity index (χ4v) is 4.41. The van der Waals surface area contributed by atoms with Gasteiger partial charge in [-0.3, -0.25) is 9.59 Å². The van der Waals surface area contributed by atoms with Gasteiger partial charge < -0.3 is 10.2 Å². The van der Waals surface area contributed by atoms with Crippen molar-refractivity contribution >= 4 is 23.4 Å². The molecule has 0 spiro atoms. The molecule has 1 aliphatic rings. The van der Waals surface area contributed by atoms with E-state index in [0.717, 1.165) is 23.4 Å². The molecule has 0 saturated carbocycles. The summed E-state index contributed by atoms with van der Waals surface area (Å²) in [6.07, 6.45) is 2.23. The summed E-state index contributed by atoms with van der Waals surface area (Å²) in [6.45, 7) is 7.45. The van der Waals surface area contributed by atoms with Gasteiger partial charge in [0, 0.05) is 24.5 Å². The Morgan fingerprint density at radius 3 is 2.19 bits per heavy atom. The van der Waals surface area contributed by atoms with Crippen molar-refractivity contribution < 1.29 is 9.59 Å². The van der Waals surface area contributed by atoms with E-state index in [4.69, 9.17) is 11.6 Å². The Morgan fingerprint density at radius 1 is 1.00 bits per heavy atom. The highest BCUT2D eigenvalue weighted by Crippen LogP contribution is 2.29. The molecule has 2 atom stereocenters. The Labute approximate surface area is 191 Å². The smallest absolute Gasteiger partial charge is 0.245 e. The number of nitrogens with zero attached hydrogens (tertiary/aromatic N) is 1. The number of halogens is 1. The van der Waals surface area contributed by atoms with Crippen molar-refractivity contribution in [3.8, 4) is 0 Å². The Balaban J connectivity index is 1.55. The van der Waals surface area contributed by atoms with Gasteiger partial charge in [-0.15, -0.1) is 0 Å². The normalized spacial score (nSPS) is 16.7. The molecule has 1 heterocycles. The number of amides is 2. The lowest BCUT2D eigenvalue weighted by atomic mass is 9.89. The molecular formula is C26H33ClN2O2. The van der Waals surface area contributed by atoms with E-state index in [9.17, 15) is 9.59 Å². The minimum Gasteiger partial charge on any atom is -0.344 e. The number of rotatable bonds is 7. The standard InChI is InChI=1S/C26H33ClN2O2/c1-18(2)25(28-24(30)17-19(3)20-7-5-4-6-8-20)26(31)29-15-13-22(14-16-29)21-9-11-23(27)12-10-21/h4-12,18-19,22,25H,13-17H2,1-3H3,(H,28,30)/t19?,25-/m1/s1. The van der Waals surface area contributed by atoms with Gasteiger partial charge in [-0.2, -0.15) is 0 Å². The lowest BCUT2D eigenvalue weighted by Crippen LogP contribution is -2.53. The quantitative estimate of drug-likeness (QED) is 0.628. The molecule has 1 aliphatic heterocycles. The van der Waals surface area contributed by atoms with Gasteiger partial charge in [0.2, 0.25) is 11.8 Å². The van der Waals surface area contributed by atoms with E-state index >= 15 is 0 Å². The van der Waals surface area contributed by atoms with Gasteiger partial charge in [-0.05, 0) is 53.9 Å². The highest BCUT2D eigenvalue weighted by Gasteiger charge is 2.31. The minimum atomic E-state index is -0.484. The van der Waals surface area contributed by atoms with Crippen LogP contribution in [0, 0.1) is 5.92 Å². The highest BCUT2D eigenvalue weighted by molar-refractivity contribution is 6.30. The first-order valence-corrected chi connectivity index (χ1v) is 11.6. The average molecular weight is 441 g/mol. The molecule has 2 aromatic carbocycles. The van der Waals surface area contributed by atoms with Crippen molar-refractivity contribution in [1.82, 2.24) is 10.2 Å². The summed E-state index contributed by atoms with van der Waals surface area (Å²) in [5.41, 5.74) is 2.41. The monoisotopic (exact) mass is 440 g/mol. The van der Waals surface area contributed by atoms with Crippen molar-refractivity contribution in [2.24, 2.45) is 5.92 Å². The summed E-state index contributed by atoms with van der Waals surface area (Å²) in [5.74, 6) is 0.557. The lowest BCUT2D eigenvalue weighted by molar-refractivity contribution is -0.138. The second-order valence-electron chi connectivity index (χ2n) is 8.96. The number of nitrogens with one attached hydrogen (secondary N) is 1. The zero-order valence-corrected chi connectivity index (χ0v) is 19.4. The highest BCUT2D eigenvalue weighted by atomic mass is 35.5. The molecular weight excluding hydrogens is 408 g/mol. The summed E-state index contributed by atoms with van der Waals surface area (Å²) in [7, 11) is 0. The number of carbonyl (C=O) groups is 2. The van der Waals surface area contributed by atoms with Crippen LogP contribution in [0.15, 0.2) is 54.6 Å². The number of hydrogen-bond donors (Lipinski definition) is 1. The van der Waals surface area contributed by atoms with Crippen molar-refractivity contribution in [3.63, 3.8) is 0 Å². The van der Waals surface area contributed by atoms with Crippen LogP contribution in [0.1, 0.15) is 63.0 Å². The summed E-state index contributed by atoms with van der Waals surface area (Å²) in [5, 5.41) is 3.76. The van der Waals surface area contributed by atoms with E-state index in [1.165, 1.54) is 5.56 Å². The maximum Gasteiger partial charge on any atom is 0.245 e. The van der Waals surface area contributed by atoms with E-state index < -0.39 is 6.04 Å². The van der Waals surface area contributed by atoms with Crippen LogP contribution < -0.4 is 5.32 Å². The molecule has 0 bridgehead atoms. The third-order valence-electron chi connectivity index (χ3n) is 6.26. The van der Waals surface area contributed by atoms with Gasteiger partial charge in [0.15, 0.2) is 0 Å². The van der Waals surface area contributed by atoms with Crippen LogP contribution in [-0.2, 0) is 9.59 Å². The number of benzene rings is 2. The molecule has 5 heteroatoms. The van der Waals surface area contributed by atoms with Gasteiger partial charge in [0.1, 0.15) is 6.04 Å². The van der Waals surface area contributed by atoms with Gasteiger partial charge in [0.25, 0.3) is 0 Å². The van der Waals surface area contributed by atoms with Crippen LogP contribution in [0.3, 0.4) is 0 Å². The first kappa shape index (κ1) is 23.3. The summed E-state index contributed by atoms with van der Waals surface area (Å²) in [4.78, 5) is 27.8. The van der Waals surface area contributed by atoms with E-state index in [0.29, 0.717) is 25.4 Å². The number of carbonyl (C=O) groups excluding carboxylic acids is 2. The summed E-state index contributed by atoms with van der Waals surface area (Å²) >= 11 is 6.00. The van der Waals surface area contributed by atoms with E-state index in [2.05, 4.69) is 17.4 Å². The van der Waals surface area contributed by atoms with E-state index in [1.54, 1.807) is 0 Å². The molecule has 0 aliphatic carbocycles. The van der Waals surface area contributed by atoms with Crippen LogP contribution in [0.4, 0.5) is 0 Å². The maximum absolute atomic E-state index is 13.2. The van der Waals surface area contributed by atoms with Gasteiger partial charge in [-0.25, -0.2) is 0 Å². The molecule has 0 aromatic heterocycles. The Hall–Kier alpha value is -2.33. The topological polar surface area (TPSA) is 49.4 Å². The first-order chi connectivity index (χ1) is 14.8. The fraction of sp³-hybridized carbons (Fsp3) is 0.462. The summed E-state index contributed by atoms with van der Waals surface area (Å²) in [6, 6.07) is 17.5. The molecule has 4 nitrogen and oxygen atoms in total. The Morgan fingerprint density at radius 2 is 1.61 bits per heavy atom. The molecule has 1 fully saturated rings. The zero-order chi connectivity index (χ0) is 22.4. The maximum atomic E-state index is 13.2. The second kappa shape index (κ2) is 10.8. The molecule has 1 saturated heterocycles. The molecule has 2 amide bonds. The Kier molecular flexibility index (Phi) is 8.14. The lowest BCUT2D eigenvalue weighted by Gasteiger charge is -2.35. The predicted octanol–water partition coefficient (Wildman–Crippen LogP) is 5.38.